The molecule has 13 atom stereocenters. The second-order valence-corrected chi connectivity index (χ2v) is 16.4. The van der Waals surface area contributed by atoms with Crippen LogP contribution in [0.5, 0.6) is 0 Å². The maximum Gasteiger partial charge on any atom is 0.341 e. The molecule has 3 fully saturated rings. The Kier molecular flexibility index (Phi) is 11.8. The Morgan fingerprint density at radius 2 is 1.37 bits per heavy atom. The summed E-state index contributed by atoms with van der Waals surface area (Å²) < 4.78 is 59.7. The molecule has 1 saturated heterocycles. The molecule has 0 aromatic carbocycles. The van der Waals surface area contributed by atoms with Crippen molar-refractivity contribution < 1.29 is 95.6 Å². The van der Waals surface area contributed by atoms with Gasteiger partial charge in [-0.05, 0) is 38.5 Å². The van der Waals surface area contributed by atoms with E-state index in [-0.39, 0.29) is 16.7 Å². The van der Waals surface area contributed by atoms with E-state index in [1.807, 2.05) is 0 Å². The van der Waals surface area contributed by atoms with Gasteiger partial charge in [-0.1, -0.05) is 6.92 Å². The Bertz CT molecular complexity index is 2170. The first-order chi connectivity index (χ1) is 28.9. The van der Waals surface area contributed by atoms with Crippen LogP contribution in [0.3, 0.4) is 0 Å². The van der Waals surface area contributed by atoms with Gasteiger partial charge in [0.05, 0.1) is 23.3 Å². The van der Waals surface area contributed by atoms with Crippen LogP contribution in [0.15, 0.2) is 41.5 Å². The van der Waals surface area contributed by atoms with Gasteiger partial charge in [-0.15, -0.1) is 0 Å². The molecular weight excluding hydrogens is 826 g/mol. The van der Waals surface area contributed by atoms with E-state index in [2.05, 4.69) is 4.98 Å². The van der Waals surface area contributed by atoms with Crippen molar-refractivity contribution in [2.75, 3.05) is 13.2 Å². The minimum absolute atomic E-state index is 0.0467. The van der Waals surface area contributed by atoms with Crippen molar-refractivity contribution in [2.45, 2.75) is 127 Å². The molecule has 4 aliphatic rings. The fourth-order valence-corrected chi connectivity index (χ4v) is 9.72. The van der Waals surface area contributed by atoms with Gasteiger partial charge in [0.15, 0.2) is 35.6 Å². The van der Waals surface area contributed by atoms with E-state index in [1.54, 1.807) is 0 Å². The van der Waals surface area contributed by atoms with Crippen molar-refractivity contribution in [1.82, 2.24) is 4.98 Å². The SMILES string of the molecule is CC(=O)O[C@@H]1[C@@H]2[C@@H](OC(C)=O)[C@@]34O[C@@]2(C)COC(=O)c2cnccc2[C@@H](C)[C@@](C)(O)C(=O)O[C@@H]([C@H](OC(C)=O)[C@H](OC(C)=O)[C@@]3(COC(=O)c2ccoc2)[C@@H]1OC(C)=O)C4(C)O. The highest BCUT2D eigenvalue weighted by Gasteiger charge is 2.92. The zero-order valence-electron chi connectivity index (χ0n) is 35.2. The Balaban J connectivity index is 1.80. The molecule has 62 heavy (non-hydrogen) atoms. The van der Waals surface area contributed by atoms with Gasteiger partial charge in [0.25, 0.3) is 0 Å². The average Bonchev–Trinajstić information content (AvgIpc) is 3.79. The number of cyclic esters (lactones) is 1. The molecule has 1 spiro atoms. The highest BCUT2D eigenvalue weighted by atomic mass is 16.7. The third-order valence-electron chi connectivity index (χ3n) is 12.3. The van der Waals surface area contributed by atoms with E-state index in [1.165, 1.54) is 32.2 Å². The van der Waals surface area contributed by atoms with Crippen LogP contribution in [-0.2, 0) is 71.4 Å². The number of ether oxygens (including phenoxy) is 9. The maximum atomic E-state index is 14.6. The largest absolute Gasteiger partial charge is 0.472 e. The molecule has 2 N–H and O–H groups in total. The second-order valence-electron chi connectivity index (χ2n) is 16.4. The van der Waals surface area contributed by atoms with Gasteiger partial charge in [0, 0.05) is 52.9 Å². The van der Waals surface area contributed by atoms with Crippen molar-refractivity contribution in [3.05, 3.63) is 53.7 Å². The molecule has 2 aliphatic carbocycles. The number of pyridine rings is 1. The first-order valence-electron chi connectivity index (χ1n) is 19.4. The van der Waals surface area contributed by atoms with E-state index in [9.17, 15) is 48.6 Å². The van der Waals surface area contributed by atoms with Gasteiger partial charge >= 0.3 is 47.8 Å². The fourth-order valence-electron chi connectivity index (χ4n) is 9.72. The van der Waals surface area contributed by atoms with Crippen LogP contribution in [0.25, 0.3) is 0 Å². The molecule has 21 heteroatoms. The number of hydrogen-bond donors (Lipinski definition) is 2. The molecule has 336 valence electrons. The molecule has 0 amide bonds. The summed E-state index contributed by atoms with van der Waals surface area (Å²) in [5.74, 6) is -12.1. The summed E-state index contributed by atoms with van der Waals surface area (Å²) in [6.45, 7) is 7.47. The van der Waals surface area contributed by atoms with E-state index < -0.39 is 137 Å². The van der Waals surface area contributed by atoms with Crippen LogP contribution in [0.4, 0.5) is 0 Å². The van der Waals surface area contributed by atoms with E-state index >= 15 is 0 Å². The Morgan fingerprint density at radius 1 is 0.806 bits per heavy atom. The lowest BCUT2D eigenvalue weighted by atomic mass is 9.45. The summed E-state index contributed by atoms with van der Waals surface area (Å²) >= 11 is 0. The highest BCUT2D eigenvalue weighted by Crippen LogP contribution is 2.70. The molecule has 2 aliphatic heterocycles. The summed E-state index contributed by atoms with van der Waals surface area (Å²) in [6, 6.07) is 2.56. The van der Waals surface area contributed by atoms with Crippen LogP contribution < -0.4 is 0 Å². The summed E-state index contributed by atoms with van der Waals surface area (Å²) in [7, 11) is 0. The molecule has 2 aromatic rings. The fraction of sp³-hybridized carbons (Fsp3) is 0.585. The van der Waals surface area contributed by atoms with Gasteiger partial charge in [-0.25, -0.2) is 14.4 Å². The number of carbonyl (C=O) groups excluding carboxylic acids is 8. The summed E-state index contributed by atoms with van der Waals surface area (Å²) in [6.07, 6.45) is -8.23. The predicted molar refractivity (Wildman–Crippen MR) is 199 cm³/mol. The highest BCUT2D eigenvalue weighted by molar-refractivity contribution is 5.92. The van der Waals surface area contributed by atoms with E-state index in [0.29, 0.717) is 0 Å². The van der Waals surface area contributed by atoms with Gasteiger partial charge in [0.2, 0.25) is 0 Å². The molecular formula is C41H47NO20. The van der Waals surface area contributed by atoms with E-state index in [4.69, 9.17) is 47.0 Å². The molecule has 0 radical (unpaired) electrons. The standard InChI is InChI=1S/C41H47NO20/c1-18-25-10-12-42-14-26(25)35(49)54-16-37(7)27-28(56-19(2)43)32(59-22(5)46)40(17-55-34(48)24-11-13-53-15-24)33(60-23(6)47)29(57-20(3)44)31(61-36(50)38(18,8)51)39(9,52)41(40,62-37)30(27)58-21(4)45/h10-15,18,27-33,51-52H,16-17H2,1-9H3/t18-,27-,28-,29+,30-,31+,32-,33+,37+,38-,39?,40-,41+/m1/s1. The number of aliphatic hydroxyl groups is 2. The van der Waals surface area contributed by atoms with Crippen molar-refractivity contribution in [3.8, 4) is 0 Å². The minimum atomic E-state index is -2.99. The zero-order chi connectivity index (χ0) is 45.9. The summed E-state index contributed by atoms with van der Waals surface area (Å²) in [4.78, 5) is 113. The van der Waals surface area contributed by atoms with E-state index in [0.717, 1.165) is 67.2 Å². The molecule has 6 rings (SSSR count). The van der Waals surface area contributed by atoms with Crippen LogP contribution >= 0.6 is 0 Å². The summed E-state index contributed by atoms with van der Waals surface area (Å²) in [5, 5.41) is 25.6. The lowest BCUT2D eigenvalue weighted by Crippen LogP contribution is -2.89. The molecule has 2 aromatic heterocycles. The average molecular weight is 874 g/mol. The number of esters is 8. The van der Waals surface area contributed by atoms with Gasteiger partial charge < -0.3 is 57.3 Å². The third kappa shape index (κ3) is 7.14. The lowest BCUT2D eigenvalue weighted by Gasteiger charge is -2.67. The van der Waals surface area contributed by atoms with Crippen molar-refractivity contribution in [2.24, 2.45) is 11.3 Å². The van der Waals surface area contributed by atoms with Crippen molar-refractivity contribution in [1.29, 1.82) is 0 Å². The van der Waals surface area contributed by atoms with Gasteiger partial charge in [0.1, 0.15) is 48.3 Å². The number of rotatable bonds is 8. The third-order valence-corrected chi connectivity index (χ3v) is 12.3. The Hall–Kier alpha value is -5.93. The molecule has 4 bridgehead atoms. The number of carbonyl (C=O) groups is 8. The predicted octanol–water partition coefficient (Wildman–Crippen LogP) is 1.04. The van der Waals surface area contributed by atoms with Gasteiger partial charge in [-0.2, -0.15) is 0 Å². The van der Waals surface area contributed by atoms with Crippen molar-refractivity contribution in [3.63, 3.8) is 0 Å². The molecule has 1 unspecified atom stereocenters. The molecule has 2 saturated carbocycles. The van der Waals surface area contributed by atoms with Crippen LogP contribution in [0.2, 0.25) is 0 Å². The Morgan fingerprint density at radius 3 is 1.94 bits per heavy atom. The second kappa shape index (κ2) is 16.1. The smallest absolute Gasteiger partial charge is 0.341 e. The normalized spacial score (nSPS) is 37.3. The van der Waals surface area contributed by atoms with Crippen LogP contribution in [-0.4, -0.2) is 135 Å². The number of aromatic nitrogens is 1. The molecule has 4 heterocycles. The quantitative estimate of drug-likeness (QED) is 0.277. The lowest BCUT2D eigenvalue weighted by molar-refractivity contribution is -0.387. The zero-order valence-corrected chi connectivity index (χ0v) is 35.2. The Labute approximate surface area is 353 Å². The van der Waals surface area contributed by atoms with Crippen LogP contribution in [0.1, 0.15) is 94.5 Å². The first-order valence-corrected chi connectivity index (χ1v) is 19.4. The summed E-state index contributed by atoms with van der Waals surface area (Å²) in [5.41, 5.74) is -13.7. The number of furan rings is 1. The molecule has 21 nitrogen and oxygen atoms in total. The van der Waals surface area contributed by atoms with Gasteiger partial charge in [-0.3, -0.25) is 29.0 Å². The van der Waals surface area contributed by atoms with Crippen molar-refractivity contribution >= 4 is 47.8 Å². The minimum Gasteiger partial charge on any atom is -0.472 e. The topological polar surface area (TPSA) is 286 Å². The van der Waals surface area contributed by atoms with Crippen LogP contribution in [0, 0.1) is 11.3 Å². The maximum absolute atomic E-state index is 14.6. The first kappa shape index (κ1) is 45.6. The monoisotopic (exact) mass is 873 g/mol. The number of hydrogen-bond acceptors (Lipinski definition) is 21. The number of fused-ring (bicyclic) bond motifs is 5. The number of nitrogens with zero attached hydrogens (tertiary/aromatic N) is 1.